The zero-order valence-corrected chi connectivity index (χ0v) is 12.2. The molecule has 0 saturated carbocycles. The highest BCUT2D eigenvalue weighted by Crippen LogP contribution is 2.18. The second-order valence-electron chi connectivity index (χ2n) is 4.93. The molecule has 1 unspecified atom stereocenters. The van der Waals surface area contributed by atoms with Gasteiger partial charge >= 0.3 is 0 Å². The average molecular weight is 285 g/mol. The van der Waals surface area contributed by atoms with Crippen molar-refractivity contribution in [3.63, 3.8) is 0 Å². The van der Waals surface area contributed by atoms with Gasteiger partial charge in [0.2, 0.25) is 0 Å². The van der Waals surface area contributed by atoms with Gasteiger partial charge in [-0.3, -0.25) is 9.78 Å². The lowest BCUT2D eigenvalue weighted by Crippen LogP contribution is -2.21. The molecule has 0 aliphatic rings. The lowest BCUT2D eigenvalue weighted by molar-refractivity contribution is 0.505. The minimum absolute atomic E-state index is 0.225. The van der Waals surface area contributed by atoms with Crippen LogP contribution in [0.1, 0.15) is 31.3 Å². The number of furan rings is 1. The molecule has 21 heavy (non-hydrogen) atoms. The van der Waals surface area contributed by atoms with E-state index in [2.05, 4.69) is 34.5 Å². The highest BCUT2D eigenvalue weighted by molar-refractivity contribution is 5.51. The van der Waals surface area contributed by atoms with E-state index in [9.17, 15) is 0 Å². The van der Waals surface area contributed by atoms with E-state index in [1.807, 2.05) is 35.1 Å². The summed E-state index contributed by atoms with van der Waals surface area (Å²) >= 11 is 0. The quantitative estimate of drug-likeness (QED) is 0.730. The van der Waals surface area contributed by atoms with Crippen molar-refractivity contribution in [3.8, 4) is 11.5 Å². The number of nitrogens with one attached hydrogen (secondary N) is 2. The van der Waals surface area contributed by atoms with E-state index in [4.69, 9.17) is 4.42 Å². The summed E-state index contributed by atoms with van der Waals surface area (Å²) in [6, 6.07) is 8.02. The highest BCUT2D eigenvalue weighted by atomic mass is 16.3. The summed E-state index contributed by atoms with van der Waals surface area (Å²) in [4.78, 5) is 0. The van der Waals surface area contributed by atoms with Gasteiger partial charge in [-0.15, -0.1) is 0 Å². The normalized spacial score (nSPS) is 12.7. The first-order chi connectivity index (χ1) is 10.3. The van der Waals surface area contributed by atoms with Crippen molar-refractivity contribution in [1.29, 1.82) is 0 Å². The Morgan fingerprint density at radius 3 is 3.10 bits per heavy atom. The van der Waals surface area contributed by atoms with E-state index in [0.29, 0.717) is 6.54 Å². The molecular weight excluding hydrogens is 266 g/mol. The molecule has 0 amide bonds. The molecule has 0 spiro atoms. The number of aromatic nitrogens is 4. The van der Waals surface area contributed by atoms with Crippen molar-refractivity contribution in [2.75, 3.05) is 0 Å². The van der Waals surface area contributed by atoms with Gasteiger partial charge in [-0.05, 0) is 38.1 Å². The maximum absolute atomic E-state index is 5.33. The van der Waals surface area contributed by atoms with Crippen LogP contribution in [0.15, 0.2) is 41.1 Å². The second kappa shape index (κ2) is 5.97. The third-order valence-corrected chi connectivity index (χ3v) is 3.50. The first-order valence-corrected chi connectivity index (χ1v) is 7.11. The predicted octanol–water partition coefficient (Wildman–Crippen LogP) is 2.74. The number of aryl methyl sites for hydroxylation is 1. The highest BCUT2D eigenvalue weighted by Gasteiger charge is 2.11. The fourth-order valence-corrected chi connectivity index (χ4v) is 2.35. The Bertz CT molecular complexity index is 683. The van der Waals surface area contributed by atoms with Crippen LogP contribution in [0, 0.1) is 0 Å². The minimum atomic E-state index is 0.225. The third kappa shape index (κ3) is 2.90. The Morgan fingerprint density at radius 1 is 1.43 bits per heavy atom. The number of H-pyrrole nitrogens is 1. The fourth-order valence-electron chi connectivity index (χ4n) is 2.35. The van der Waals surface area contributed by atoms with Crippen molar-refractivity contribution >= 4 is 0 Å². The molecule has 110 valence electrons. The smallest absolute Gasteiger partial charge is 0.154 e. The number of hydrogen-bond donors (Lipinski definition) is 2. The number of rotatable bonds is 6. The van der Waals surface area contributed by atoms with Crippen LogP contribution in [0.2, 0.25) is 0 Å². The minimum Gasteiger partial charge on any atom is -0.463 e. The molecule has 0 bridgehead atoms. The fraction of sp³-hybridized carbons (Fsp3) is 0.333. The van der Waals surface area contributed by atoms with Crippen molar-refractivity contribution in [3.05, 3.63) is 48.1 Å². The van der Waals surface area contributed by atoms with Crippen LogP contribution in [-0.2, 0) is 13.1 Å². The lowest BCUT2D eigenvalue weighted by Gasteiger charge is -2.14. The molecule has 0 aromatic carbocycles. The molecule has 2 N–H and O–H groups in total. The van der Waals surface area contributed by atoms with Crippen LogP contribution >= 0.6 is 0 Å². The van der Waals surface area contributed by atoms with Gasteiger partial charge in [-0.25, -0.2) is 0 Å². The zero-order valence-electron chi connectivity index (χ0n) is 12.2. The Balaban J connectivity index is 1.63. The monoisotopic (exact) mass is 285 g/mol. The van der Waals surface area contributed by atoms with Crippen LogP contribution in [0.3, 0.4) is 0 Å². The van der Waals surface area contributed by atoms with E-state index >= 15 is 0 Å². The van der Waals surface area contributed by atoms with Crippen molar-refractivity contribution < 1.29 is 4.42 Å². The van der Waals surface area contributed by atoms with Crippen LogP contribution < -0.4 is 5.32 Å². The van der Waals surface area contributed by atoms with Gasteiger partial charge in [0.05, 0.1) is 12.0 Å². The van der Waals surface area contributed by atoms with E-state index in [-0.39, 0.29) is 6.04 Å². The van der Waals surface area contributed by atoms with E-state index in [1.54, 1.807) is 6.26 Å². The molecule has 3 rings (SSSR count). The maximum atomic E-state index is 5.33. The summed E-state index contributed by atoms with van der Waals surface area (Å²) in [6.45, 7) is 5.81. The first kappa shape index (κ1) is 13.6. The SMILES string of the molecule is CCn1nccc1C(C)NCc1cc(-c2ccco2)n[nH]1. The summed E-state index contributed by atoms with van der Waals surface area (Å²) < 4.78 is 7.33. The number of nitrogens with zero attached hydrogens (tertiary/aromatic N) is 3. The molecule has 0 aliphatic heterocycles. The van der Waals surface area contributed by atoms with Crippen LogP contribution in [0.4, 0.5) is 0 Å². The largest absolute Gasteiger partial charge is 0.463 e. The summed E-state index contributed by atoms with van der Waals surface area (Å²) in [6.07, 6.45) is 3.48. The standard InChI is InChI=1S/C15H19N5O/c1-3-20-14(6-7-17-20)11(2)16-10-12-9-13(19-18-12)15-5-4-8-21-15/h4-9,11,16H,3,10H2,1-2H3,(H,18,19). The number of hydrogen-bond acceptors (Lipinski definition) is 4. The summed E-state index contributed by atoms with van der Waals surface area (Å²) in [5, 5.41) is 15.0. The average Bonchev–Trinajstić information content (AvgIpc) is 3.24. The Morgan fingerprint density at radius 2 is 2.33 bits per heavy atom. The molecule has 0 radical (unpaired) electrons. The predicted molar refractivity (Wildman–Crippen MR) is 79.4 cm³/mol. The second-order valence-corrected chi connectivity index (χ2v) is 4.93. The lowest BCUT2D eigenvalue weighted by atomic mass is 10.2. The van der Waals surface area contributed by atoms with E-state index in [1.165, 1.54) is 5.69 Å². The molecule has 0 saturated heterocycles. The topological polar surface area (TPSA) is 71.7 Å². The Kier molecular flexibility index (Phi) is 3.87. The van der Waals surface area contributed by atoms with Gasteiger partial charge in [-0.1, -0.05) is 0 Å². The van der Waals surface area contributed by atoms with Crippen LogP contribution in [0.5, 0.6) is 0 Å². The third-order valence-electron chi connectivity index (χ3n) is 3.50. The van der Waals surface area contributed by atoms with Gasteiger partial charge < -0.3 is 9.73 Å². The maximum Gasteiger partial charge on any atom is 0.154 e. The molecule has 3 heterocycles. The van der Waals surface area contributed by atoms with Gasteiger partial charge in [-0.2, -0.15) is 10.2 Å². The molecule has 6 nitrogen and oxygen atoms in total. The first-order valence-electron chi connectivity index (χ1n) is 7.11. The molecule has 3 aromatic rings. The van der Waals surface area contributed by atoms with Gasteiger partial charge in [0.1, 0.15) is 5.69 Å². The van der Waals surface area contributed by atoms with Gasteiger partial charge in [0.25, 0.3) is 0 Å². The number of aromatic amines is 1. The van der Waals surface area contributed by atoms with E-state index < -0.39 is 0 Å². The van der Waals surface area contributed by atoms with Gasteiger partial charge in [0.15, 0.2) is 5.76 Å². The van der Waals surface area contributed by atoms with Gasteiger partial charge in [0, 0.05) is 31.0 Å². The molecule has 6 heteroatoms. The van der Waals surface area contributed by atoms with Crippen LogP contribution in [0.25, 0.3) is 11.5 Å². The van der Waals surface area contributed by atoms with E-state index in [0.717, 1.165) is 23.7 Å². The van der Waals surface area contributed by atoms with Crippen LogP contribution in [-0.4, -0.2) is 20.0 Å². The molecule has 0 aliphatic carbocycles. The molecule has 1 atom stereocenters. The zero-order chi connectivity index (χ0) is 14.7. The van der Waals surface area contributed by atoms with Crippen molar-refractivity contribution in [2.24, 2.45) is 0 Å². The summed E-state index contributed by atoms with van der Waals surface area (Å²) in [5.41, 5.74) is 3.03. The molecular formula is C15H19N5O. The molecule has 0 fully saturated rings. The Labute approximate surface area is 123 Å². The molecule has 3 aromatic heterocycles. The summed E-state index contributed by atoms with van der Waals surface area (Å²) in [5.74, 6) is 0.773. The Hall–Kier alpha value is -2.34. The van der Waals surface area contributed by atoms with Crippen molar-refractivity contribution in [1.82, 2.24) is 25.3 Å². The summed E-state index contributed by atoms with van der Waals surface area (Å²) in [7, 11) is 0. The van der Waals surface area contributed by atoms with Crippen molar-refractivity contribution in [2.45, 2.75) is 33.0 Å².